The van der Waals surface area contributed by atoms with Crippen LogP contribution in [0, 0.1) is 0 Å². The Morgan fingerprint density at radius 3 is 2.53 bits per heavy atom. The maximum absolute atomic E-state index is 13.1. The summed E-state index contributed by atoms with van der Waals surface area (Å²) in [5.41, 5.74) is 3.12. The summed E-state index contributed by atoms with van der Waals surface area (Å²) < 4.78 is 10.9. The lowest BCUT2D eigenvalue weighted by atomic mass is 9.98. The van der Waals surface area contributed by atoms with Crippen molar-refractivity contribution in [2.75, 3.05) is 13.7 Å². The Morgan fingerprint density at radius 1 is 1.09 bits per heavy atom. The van der Waals surface area contributed by atoms with Crippen molar-refractivity contribution in [1.82, 2.24) is 5.01 Å². The van der Waals surface area contributed by atoms with Crippen LogP contribution in [0.3, 0.4) is 0 Å². The van der Waals surface area contributed by atoms with Gasteiger partial charge in [-0.25, -0.2) is 5.01 Å². The number of amides is 1. The molecule has 0 fully saturated rings. The van der Waals surface area contributed by atoms with E-state index in [-0.39, 0.29) is 18.6 Å². The molecule has 0 bridgehead atoms. The SMILES string of the molecule is COc1ccc(C2CC(c3ccc(Cl)cc3)=NN2C(=O)COc2cccc(C=O)c2)cc1. The van der Waals surface area contributed by atoms with Gasteiger partial charge in [-0.2, -0.15) is 5.10 Å². The molecule has 0 spiro atoms. The molecule has 0 N–H and O–H groups in total. The molecule has 0 aromatic heterocycles. The molecule has 0 aliphatic carbocycles. The van der Waals surface area contributed by atoms with Crippen molar-refractivity contribution in [2.24, 2.45) is 5.10 Å². The molecule has 4 rings (SSSR count). The molecule has 1 unspecified atom stereocenters. The zero-order valence-electron chi connectivity index (χ0n) is 17.4. The minimum Gasteiger partial charge on any atom is -0.497 e. The Morgan fingerprint density at radius 2 is 1.84 bits per heavy atom. The number of rotatable bonds is 7. The molecule has 32 heavy (non-hydrogen) atoms. The van der Waals surface area contributed by atoms with Crippen LogP contribution in [-0.2, 0) is 4.79 Å². The number of halogens is 1. The van der Waals surface area contributed by atoms with Crippen LogP contribution in [0.2, 0.25) is 5.02 Å². The van der Waals surface area contributed by atoms with E-state index in [0.717, 1.165) is 28.9 Å². The van der Waals surface area contributed by atoms with Gasteiger partial charge in [0, 0.05) is 17.0 Å². The van der Waals surface area contributed by atoms with Gasteiger partial charge in [-0.05, 0) is 47.5 Å². The molecular weight excluding hydrogens is 428 g/mol. The smallest absolute Gasteiger partial charge is 0.281 e. The van der Waals surface area contributed by atoms with Gasteiger partial charge in [0.05, 0.1) is 18.9 Å². The van der Waals surface area contributed by atoms with E-state index in [9.17, 15) is 9.59 Å². The number of benzene rings is 3. The molecule has 3 aromatic carbocycles. The molecule has 1 heterocycles. The van der Waals surface area contributed by atoms with E-state index >= 15 is 0 Å². The summed E-state index contributed by atoms with van der Waals surface area (Å²) in [7, 11) is 1.61. The molecule has 1 aliphatic heterocycles. The summed E-state index contributed by atoms with van der Waals surface area (Å²) in [6, 6.07) is 21.4. The molecule has 0 saturated heterocycles. The fraction of sp³-hybridized carbons (Fsp3) is 0.160. The lowest BCUT2D eigenvalue weighted by Gasteiger charge is -2.22. The topological polar surface area (TPSA) is 68.2 Å². The largest absolute Gasteiger partial charge is 0.497 e. The molecule has 1 aliphatic rings. The van der Waals surface area contributed by atoms with Crippen LogP contribution < -0.4 is 9.47 Å². The number of hydrogen-bond acceptors (Lipinski definition) is 5. The minimum atomic E-state index is -0.286. The molecule has 0 saturated carbocycles. The monoisotopic (exact) mass is 448 g/mol. The standard InChI is InChI=1S/C25H21ClN2O4/c1-31-21-11-7-19(8-12-21)24-14-23(18-5-9-20(26)10-6-18)27-28(24)25(30)16-32-22-4-2-3-17(13-22)15-29/h2-13,15,24H,14,16H2,1H3. The molecule has 7 heteroatoms. The van der Waals surface area contributed by atoms with Crippen molar-refractivity contribution >= 4 is 29.5 Å². The molecule has 1 atom stereocenters. The lowest BCUT2D eigenvalue weighted by Crippen LogP contribution is -2.31. The highest BCUT2D eigenvalue weighted by Gasteiger charge is 2.33. The normalized spacial score (nSPS) is 15.2. The maximum Gasteiger partial charge on any atom is 0.281 e. The van der Waals surface area contributed by atoms with Crippen LogP contribution >= 0.6 is 11.6 Å². The van der Waals surface area contributed by atoms with E-state index in [1.165, 1.54) is 5.01 Å². The lowest BCUT2D eigenvalue weighted by molar-refractivity contribution is -0.135. The summed E-state index contributed by atoms with van der Waals surface area (Å²) in [6.07, 6.45) is 1.29. The molecule has 162 valence electrons. The number of carbonyl (C=O) groups excluding carboxylic acids is 2. The van der Waals surface area contributed by atoms with Crippen LogP contribution in [0.15, 0.2) is 77.9 Å². The fourth-order valence-corrected chi connectivity index (χ4v) is 3.66. The predicted molar refractivity (Wildman–Crippen MR) is 123 cm³/mol. The van der Waals surface area contributed by atoms with Gasteiger partial charge in [0.15, 0.2) is 6.61 Å². The number of hydrogen-bond donors (Lipinski definition) is 0. The Bertz CT molecular complexity index is 1140. The third-order valence-corrected chi connectivity index (χ3v) is 5.45. The van der Waals surface area contributed by atoms with Crippen LogP contribution in [0.5, 0.6) is 11.5 Å². The Balaban J connectivity index is 1.57. The van der Waals surface area contributed by atoms with Gasteiger partial charge in [0.1, 0.15) is 17.8 Å². The first-order valence-electron chi connectivity index (χ1n) is 10.0. The first-order chi connectivity index (χ1) is 15.6. The van der Waals surface area contributed by atoms with E-state index in [1.54, 1.807) is 43.5 Å². The number of ether oxygens (including phenoxy) is 2. The number of carbonyl (C=O) groups is 2. The second kappa shape index (κ2) is 9.66. The van der Waals surface area contributed by atoms with Crippen molar-refractivity contribution < 1.29 is 19.1 Å². The van der Waals surface area contributed by atoms with Crippen molar-refractivity contribution in [2.45, 2.75) is 12.5 Å². The Hall–Kier alpha value is -3.64. The molecule has 6 nitrogen and oxygen atoms in total. The number of methoxy groups -OCH3 is 1. The first kappa shape index (κ1) is 21.6. The zero-order chi connectivity index (χ0) is 22.5. The summed E-state index contributed by atoms with van der Waals surface area (Å²) in [5.74, 6) is 0.901. The van der Waals surface area contributed by atoms with Crippen LogP contribution in [0.4, 0.5) is 0 Å². The highest BCUT2D eigenvalue weighted by molar-refractivity contribution is 6.30. The van der Waals surface area contributed by atoms with Gasteiger partial charge in [-0.1, -0.05) is 48.0 Å². The van der Waals surface area contributed by atoms with E-state index in [1.807, 2.05) is 36.4 Å². The predicted octanol–water partition coefficient (Wildman–Crippen LogP) is 4.92. The highest BCUT2D eigenvalue weighted by atomic mass is 35.5. The van der Waals surface area contributed by atoms with Crippen molar-refractivity contribution in [3.63, 3.8) is 0 Å². The second-order valence-electron chi connectivity index (χ2n) is 7.26. The van der Waals surface area contributed by atoms with Crippen molar-refractivity contribution in [1.29, 1.82) is 0 Å². The number of nitrogens with zero attached hydrogens (tertiary/aromatic N) is 2. The maximum atomic E-state index is 13.1. The van der Waals surface area contributed by atoms with Gasteiger partial charge in [0.25, 0.3) is 5.91 Å². The first-order valence-corrected chi connectivity index (χ1v) is 10.4. The molecule has 1 amide bonds. The van der Waals surface area contributed by atoms with Crippen molar-refractivity contribution in [3.05, 3.63) is 94.5 Å². The third-order valence-electron chi connectivity index (χ3n) is 5.20. The fourth-order valence-electron chi connectivity index (χ4n) is 3.53. The average molecular weight is 449 g/mol. The Labute approximate surface area is 191 Å². The van der Waals surface area contributed by atoms with E-state index in [0.29, 0.717) is 22.8 Å². The number of hydrazone groups is 1. The second-order valence-corrected chi connectivity index (χ2v) is 7.70. The van der Waals surface area contributed by atoms with Crippen LogP contribution in [0.25, 0.3) is 0 Å². The van der Waals surface area contributed by atoms with Gasteiger partial charge >= 0.3 is 0 Å². The van der Waals surface area contributed by atoms with Crippen LogP contribution in [-0.4, -0.2) is 36.6 Å². The highest BCUT2D eigenvalue weighted by Crippen LogP contribution is 2.34. The van der Waals surface area contributed by atoms with Crippen LogP contribution in [0.1, 0.15) is 33.9 Å². The molecule has 0 radical (unpaired) electrons. The quantitative estimate of drug-likeness (QED) is 0.481. The third kappa shape index (κ3) is 4.81. The Kier molecular flexibility index (Phi) is 6.52. The minimum absolute atomic E-state index is 0.202. The van der Waals surface area contributed by atoms with Gasteiger partial charge in [-0.3, -0.25) is 9.59 Å². The zero-order valence-corrected chi connectivity index (χ0v) is 18.2. The molecular formula is C25H21ClN2O4. The average Bonchev–Trinajstić information content (AvgIpc) is 3.29. The number of aldehydes is 1. The summed E-state index contributed by atoms with van der Waals surface area (Å²) in [4.78, 5) is 24.1. The summed E-state index contributed by atoms with van der Waals surface area (Å²) in [5, 5.41) is 6.73. The van der Waals surface area contributed by atoms with Gasteiger partial charge in [-0.15, -0.1) is 0 Å². The van der Waals surface area contributed by atoms with Gasteiger partial charge in [0.2, 0.25) is 0 Å². The van der Waals surface area contributed by atoms with E-state index < -0.39 is 0 Å². The van der Waals surface area contributed by atoms with E-state index in [2.05, 4.69) is 5.10 Å². The van der Waals surface area contributed by atoms with Crippen molar-refractivity contribution in [3.8, 4) is 11.5 Å². The van der Waals surface area contributed by atoms with E-state index in [4.69, 9.17) is 21.1 Å². The molecule has 3 aromatic rings. The summed E-state index contributed by atoms with van der Waals surface area (Å²) >= 11 is 6.02. The van der Waals surface area contributed by atoms with Gasteiger partial charge < -0.3 is 9.47 Å². The summed E-state index contributed by atoms with van der Waals surface area (Å²) in [6.45, 7) is -0.202.